The van der Waals surface area contributed by atoms with E-state index in [1.807, 2.05) is 12.1 Å². The molecule has 0 unspecified atom stereocenters. The first-order chi connectivity index (χ1) is 17.9. The zero-order valence-corrected chi connectivity index (χ0v) is 20.8. The van der Waals surface area contributed by atoms with Gasteiger partial charge in [-0.3, -0.25) is 14.4 Å². The molecule has 2 aromatic carbocycles. The van der Waals surface area contributed by atoms with Crippen molar-refractivity contribution in [2.75, 3.05) is 57.1 Å². The molecule has 3 amide bonds. The third-order valence-electron chi connectivity index (χ3n) is 6.32. The first-order valence-electron chi connectivity index (χ1n) is 11.6. The van der Waals surface area contributed by atoms with Crippen LogP contribution in [0.4, 0.5) is 10.8 Å². The predicted molar refractivity (Wildman–Crippen MR) is 138 cm³/mol. The van der Waals surface area contributed by atoms with Gasteiger partial charge < -0.3 is 25.5 Å². The van der Waals surface area contributed by atoms with E-state index in [1.165, 1.54) is 18.4 Å². The number of aliphatic hydroxyl groups is 1. The van der Waals surface area contributed by atoms with E-state index in [2.05, 4.69) is 20.5 Å². The third-order valence-corrected chi connectivity index (χ3v) is 7.00. The molecular formula is C24H25N7O5S. The summed E-state index contributed by atoms with van der Waals surface area (Å²) in [6.07, 6.45) is 0. The summed E-state index contributed by atoms with van der Waals surface area (Å²) in [5.74, 6) is -1.22. The lowest BCUT2D eigenvalue weighted by Gasteiger charge is -2.37. The first-order valence-corrected chi connectivity index (χ1v) is 12.5. The normalized spacial score (nSPS) is 16.1. The molecule has 37 heavy (non-hydrogen) atoms. The average molecular weight is 524 g/mol. The number of imide groups is 1. The molecule has 1 fully saturated rings. The molecule has 0 spiro atoms. The van der Waals surface area contributed by atoms with Gasteiger partial charge in [0.25, 0.3) is 17.7 Å². The highest BCUT2D eigenvalue weighted by Gasteiger charge is 2.34. The predicted octanol–water partition coefficient (Wildman–Crippen LogP) is 0.671. The monoisotopic (exact) mass is 523 g/mol. The summed E-state index contributed by atoms with van der Waals surface area (Å²) < 4.78 is 0. The quantitative estimate of drug-likeness (QED) is 0.230. The highest BCUT2D eigenvalue weighted by Crippen LogP contribution is 2.36. The number of nitrogens with one attached hydrogen (secondary N) is 1. The molecule has 1 saturated heterocycles. The second kappa shape index (κ2) is 10.1. The van der Waals surface area contributed by atoms with Gasteiger partial charge in [-0.2, -0.15) is 0 Å². The van der Waals surface area contributed by atoms with Crippen molar-refractivity contribution in [3.05, 3.63) is 52.5 Å². The van der Waals surface area contributed by atoms with Crippen molar-refractivity contribution < 1.29 is 24.3 Å². The molecule has 3 aromatic rings. The summed E-state index contributed by atoms with van der Waals surface area (Å²) in [6, 6.07) is 8.96. The van der Waals surface area contributed by atoms with E-state index in [4.69, 9.17) is 15.7 Å². The number of thiazole rings is 1. The third kappa shape index (κ3) is 4.37. The lowest BCUT2D eigenvalue weighted by Crippen LogP contribution is -2.51. The molecule has 1 aromatic heterocycles. The lowest BCUT2D eigenvalue weighted by atomic mass is 9.93. The van der Waals surface area contributed by atoms with Crippen molar-refractivity contribution in [3.63, 3.8) is 0 Å². The van der Waals surface area contributed by atoms with Gasteiger partial charge in [0.15, 0.2) is 10.8 Å². The van der Waals surface area contributed by atoms with Crippen LogP contribution in [0.2, 0.25) is 0 Å². The van der Waals surface area contributed by atoms with Crippen molar-refractivity contribution in [3.8, 4) is 0 Å². The number of rotatable bonds is 7. The number of amides is 3. The molecular weight excluding hydrogens is 498 g/mol. The van der Waals surface area contributed by atoms with E-state index < -0.39 is 11.8 Å². The maximum Gasteiger partial charge on any atom is 0.278 e. The van der Waals surface area contributed by atoms with Gasteiger partial charge in [0.05, 0.1) is 17.7 Å². The Morgan fingerprint density at radius 1 is 1.16 bits per heavy atom. The van der Waals surface area contributed by atoms with Gasteiger partial charge in [-0.1, -0.05) is 17.3 Å². The number of hydrogen-bond donors (Lipinski definition) is 3. The number of carbonyl (C=O) groups excluding carboxylic acids is 3. The minimum absolute atomic E-state index is 0.0799. The second-order valence-electron chi connectivity index (χ2n) is 8.41. The summed E-state index contributed by atoms with van der Waals surface area (Å²) in [5, 5.41) is 17.3. The number of hydrazine groups is 1. The van der Waals surface area contributed by atoms with Crippen LogP contribution < -0.4 is 16.1 Å². The van der Waals surface area contributed by atoms with Crippen LogP contribution in [0.3, 0.4) is 0 Å². The number of aromatic nitrogens is 1. The number of carbonyl (C=O) groups is 3. The maximum atomic E-state index is 13.2. The minimum Gasteiger partial charge on any atom is -0.398 e. The van der Waals surface area contributed by atoms with Gasteiger partial charge in [-0.25, -0.2) is 15.4 Å². The first kappa shape index (κ1) is 24.6. The second-order valence-corrected chi connectivity index (χ2v) is 9.30. The number of nitrogen functional groups attached to an aromatic ring is 1. The summed E-state index contributed by atoms with van der Waals surface area (Å²) in [7, 11) is 1.37. The molecule has 0 saturated carbocycles. The Labute approximate surface area is 215 Å². The smallest absolute Gasteiger partial charge is 0.278 e. The standard InChI is InChI=1S/C24H25N7O5S/c1-36-28-20(17-13-37-24(25)27-17)23(35)30-10-8-29(9-11-30)18-6-5-16-19-14(18)3-2-4-15(19)21(33)31(22(16)34)26-7-12-32/h2-6,13,26,32H,7-12H2,1H3,(H2,25,27)/b28-20-. The van der Waals surface area contributed by atoms with E-state index in [1.54, 1.807) is 28.5 Å². The Hall–Kier alpha value is -4.07. The number of piperazine rings is 1. The summed E-state index contributed by atoms with van der Waals surface area (Å²) in [4.78, 5) is 52.1. The molecule has 13 heteroatoms. The minimum atomic E-state index is -0.461. The van der Waals surface area contributed by atoms with Crippen LogP contribution in [-0.2, 0) is 9.63 Å². The van der Waals surface area contributed by atoms with Crippen molar-refractivity contribution in [1.29, 1.82) is 0 Å². The summed E-state index contributed by atoms with van der Waals surface area (Å²) in [5.41, 5.74) is 10.6. The van der Waals surface area contributed by atoms with Crippen molar-refractivity contribution in [1.82, 2.24) is 20.3 Å². The molecule has 0 aliphatic carbocycles. The topological polar surface area (TPSA) is 154 Å². The maximum absolute atomic E-state index is 13.2. The van der Waals surface area contributed by atoms with Crippen LogP contribution in [0, 0.1) is 0 Å². The van der Waals surface area contributed by atoms with E-state index in [-0.39, 0.29) is 24.8 Å². The van der Waals surface area contributed by atoms with Crippen LogP contribution >= 0.6 is 11.3 Å². The Bertz CT molecular complexity index is 1390. The van der Waals surface area contributed by atoms with Gasteiger partial charge in [-0.05, 0) is 18.2 Å². The van der Waals surface area contributed by atoms with Gasteiger partial charge in [0, 0.05) is 54.6 Å². The van der Waals surface area contributed by atoms with Crippen LogP contribution in [0.25, 0.3) is 10.8 Å². The van der Waals surface area contributed by atoms with Crippen LogP contribution in [0.5, 0.6) is 0 Å². The summed E-state index contributed by atoms with van der Waals surface area (Å²) in [6.45, 7) is 1.81. The fraction of sp³-hybridized carbons (Fsp3) is 0.292. The molecule has 0 bridgehead atoms. The van der Waals surface area contributed by atoms with Crippen molar-refractivity contribution in [2.45, 2.75) is 0 Å². The zero-order chi connectivity index (χ0) is 26.1. The molecule has 3 heterocycles. The number of oxime groups is 1. The largest absolute Gasteiger partial charge is 0.398 e. The van der Waals surface area contributed by atoms with Gasteiger partial charge >= 0.3 is 0 Å². The van der Waals surface area contributed by atoms with Crippen LogP contribution in [0.1, 0.15) is 26.4 Å². The fourth-order valence-electron chi connectivity index (χ4n) is 4.65. The molecule has 2 aliphatic heterocycles. The highest BCUT2D eigenvalue weighted by molar-refractivity contribution is 7.13. The Kier molecular flexibility index (Phi) is 6.74. The Morgan fingerprint density at radius 2 is 1.89 bits per heavy atom. The van der Waals surface area contributed by atoms with Gasteiger partial charge in [-0.15, -0.1) is 11.3 Å². The summed E-state index contributed by atoms with van der Waals surface area (Å²) >= 11 is 1.22. The van der Waals surface area contributed by atoms with E-state index >= 15 is 0 Å². The average Bonchev–Trinajstić information content (AvgIpc) is 3.35. The molecule has 5 rings (SSSR count). The number of aliphatic hydroxyl groups excluding tert-OH is 1. The zero-order valence-electron chi connectivity index (χ0n) is 20.0. The molecule has 2 aliphatic rings. The van der Waals surface area contributed by atoms with E-state index in [9.17, 15) is 14.4 Å². The van der Waals surface area contributed by atoms with Gasteiger partial charge in [0.2, 0.25) is 0 Å². The van der Waals surface area contributed by atoms with Gasteiger partial charge in [0.1, 0.15) is 12.8 Å². The SMILES string of the molecule is CO/N=C(\C(=O)N1CCN(c2ccc3c4c(cccc24)C(=O)N(NCCO)C3=O)CC1)c1csc(N)n1. The number of nitrogens with two attached hydrogens (primary N) is 1. The van der Waals surface area contributed by atoms with E-state index in [0.29, 0.717) is 53.5 Å². The molecule has 0 radical (unpaired) electrons. The highest BCUT2D eigenvalue weighted by atomic mass is 32.1. The van der Waals surface area contributed by atoms with Crippen LogP contribution in [0.15, 0.2) is 40.9 Å². The lowest BCUT2D eigenvalue weighted by molar-refractivity contribution is -0.124. The van der Waals surface area contributed by atoms with Crippen molar-refractivity contribution >= 4 is 56.4 Å². The Morgan fingerprint density at radius 3 is 2.54 bits per heavy atom. The van der Waals surface area contributed by atoms with E-state index in [0.717, 1.165) is 16.1 Å². The van der Waals surface area contributed by atoms with Crippen LogP contribution in [-0.4, -0.2) is 89.9 Å². The number of anilines is 2. The van der Waals surface area contributed by atoms with Crippen molar-refractivity contribution in [2.24, 2.45) is 5.16 Å². The number of hydrogen-bond acceptors (Lipinski definition) is 11. The molecule has 0 atom stereocenters. The molecule has 192 valence electrons. The Balaban J connectivity index is 1.39. The molecule has 12 nitrogen and oxygen atoms in total. The number of benzene rings is 2. The number of nitrogens with zero attached hydrogens (tertiary/aromatic N) is 5. The fourth-order valence-corrected chi connectivity index (χ4v) is 5.19. The molecule has 4 N–H and O–H groups in total.